The van der Waals surface area contributed by atoms with Gasteiger partial charge in [-0.05, 0) is 54.2 Å². The molecule has 3 nitrogen and oxygen atoms in total. The smallest absolute Gasteiger partial charge is 0.371 e. The van der Waals surface area contributed by atoms with E-state index in [4.69, 9.17) is 4.74 Å². The highest BCUT2D eigenvalue weighted by Crippen LogP contribution is 2.53. The number of ether oxygens (including phenoxy) is 1. The summed E-state index contributed by atoms with van der Waals surface area (Å²) in [5.41, 5.74) is 3.39. The summed E-state index contributed by atoms with van der Waals surface area (Å²) in [5.74, 6) is 1.04. The first-order valence-corrected chi connectivity index (χ1v) is 8.52. The second-order valence-corrected chi connectivity index (χ2v) is 7.36. The quantitative estimate of drug-likeness (QED) is 0.610. The first kappa shape index (κ1) is 16.0. The number of nitrogens with zero attached hydrogens (tertiary/aromatic N) is 1. The van der Waals surface area contributed by atoms with Crippen LogP contribution in [0.25, 0.3) is 0 Å². The number of pyridine rings is 1. The summed E-state index contributed by atoms with van der Waals surface area (Å²) in [6, 6.07) is 5.61. The van der Waals surface area contributed by atoms with Crippen LogP contribution in [-0.2, 0) is 11.8 Å². The van der Waals surface area contributed by atoms with Crippen molar-refractivity contribution < 1.29 is 14.1 Å². The minimum Gasteiger partial charge on any atom is -0.371 e. The third-order valence-electron chi connectivity index (χ3n) is 5.14. The third-order valence-corrected chi connectivity index (χ3v) is 5.14. The van der Waals surface area contributed by atoms with E-state index in [1.165, 1.54) is 12.0 Å². The molecule has 1 saturated carbocycles. The van der Waals surface area contributed by atoms with E-state index >= 15 is 0 Å². The fraction of sp³-hybridized carbons (Fsp3) is 0.500. The molecule has 3 heteroatoms. The van der Waals surface area contributed by atoms with Gasteiger partial charge in [-0.1, -0.05) is 26.0 Å². The topological polar surface area (TPSA) is 30.2 Å². The van der Waals surface area contributed by atoms with Crippen LogP contribution < -0.4 is 9.30 Å². The molecule has 1 atom stereocenters. The molecule has 0 radical (unpaired) electrons. The molecule has 1 aromatic heterocycles. The van der Waals surface area contributed by atoms with Crippen LogP contribution in [0.15, 0.2) is 47.7 Å². The second-order valence-electron chi connectivity index (χ2n) is 7.36. The second kappa shape index (κ2) is 6.31. The molecule has 1 aromatic rings. The molecular formula is C20H26NO2+. The molecule has 122 valence electrons. The number of fused-ring (bicyclic) bond motifs is 1. The number of hydrogen-bond donors (Lipinski definition) is 0. The van der Waals surface area contributed by atoms with Gasteiger partial charge in [0.25, 0.3) is 0 Å². The highest BCUT2D eigenvalue weighted by Gasteiger charge is 2.41. The van der Waals surface area contributed by atoms with Gasteiger partial charge in [-0.25, -0.2) is 0 Å². The normalized spacial score (nSPS) is 21.6. The molecule has 0 saturated heterocycles. The first-order valence-electron chi connectivity index (χ1n) is 8.52. The fourth-order valence-electron chi connectivity index (χ4n) is 3.93. The zero-order valence-corrected chi connectivity index (χ0v) is 14.3. The van der Waals surface area contributed by atoms with Gasteiger partial charge >= 0.3 is 11.8 Å². The van der Waals surface area contributed by atoms with Crippen molar-refractivity contribution >= 4 is 5.97 Å². The number of aryl methyl sites for hydroxylation is 1. The summed E-state index contributed by atoms with van der Waals surface area (Å²) in [7, 11) is 1.88. The Morgan fingerprint density at radius 3 is 2.96 bits per heavy atom. The van der Waals surface area contributed by atoms with Gasteiger partial charge in [0.1, 0.15) is 7.05 Å². The van der Waals surface area contributed by atoms with Crippen molar-refractivity contribution in [2.75, 3.05) is 0 Å². The number of hydrogen-bond acceptors (Lipinski definition) is 2. The van der Waals surface area contributed by atoms with Crippen molar-refractivity contribution in [3.63, 3.8) is 0 Å². The Labute approximate surface area is 138 Å². The standard InChI is InChI=1S/C20H26NO2/c1-20(2)14-15-8-6-9-16(15)17(20)10-7-12-19(22)23-18-11-4-5-13-21(18)3/h4-5,8-9,11,13,17H,6-7,10,12,14H2,1-3H3/q+1/t17-/m1/s1. The van der Waals surface area contributed by atoms with Crippen molar-refractivity contribution in [2.24, 2.45) is 18.4 Å². The molecule has 2 aliphatic rings. The lowest BCUT2D eigenvalue weighted by Crippen LogP contribution is -2.31. The summed E-state index contributed by atoms with van der Waals surface area (Å²) in [4.78, 5) is 12.1. The molecule has 0 aromatic carbocycles. The van der Waals surface area contributed by atoms with Crippen molar-refractivity contribution in [1.82, 2.24) is 0 Å². The molecule has 3 rings (SSSR count). The van der Waals surface area contributed by atoms with E-state index in [9.17, 15) is 4.79 Å². The molecule has 0 aliphatic heterocycles. The van der Waals surface area contributed by atoms with Crippen LogP contribution in [-0.4, -0.2) is 5.97 Å². The van der Waals surface area contributed by atoms with E-state index in [0.717, 1.165) is 19.3 Å². The summed E-state index contributed by atoms with van der Waals surface area (Å²) in [6.45, 7) is 4.69. The van der Waals surface area contributed by atoms with E-state index in [1.807, 2.05) is 36.0 Å². The number of allylic oxidation sites excluding steroid dienone is 4. The first-order chi connectivity index (χ1) is 11.0. The van der Waals surface area contributed by atoms with Gasteiger partial charge in [-0.2, -0.15) is 4.57 Å². The maximum absolute atomic E-state index is 12.1. The number of aromatic nitrogens is 1. The van der Waals surface area contributed by atoms with Crippen molar-refractivity contribution in [1.29, 1.82) is 0 Å². The average Bonchev–Trinajstić information content (AvgIpc) is 3.01. The number of carbonyl (C=O) groups is 1. The number of carbonyl (C=O) groups excluding carboxylic acids is 1. The maximum atomic E-state index is 12.1. The number of esters is 1. The van der Waals surface area contributed by atoms with Gasteiger partial charge in [0, 0.05) is 12.5 Å². The van der Waals surface area contributed by atoms with E-state index in [-0.39, 0.29) is 5.97 Å². The lowest BCUT2D eigenvalue weighted by Gasteiger charge is -2.27. The molecule has 1 heterocycles. The van der Waals surface area contributed by atoms with E-state index in [0.29, 0.717) is 23.6 Å². The Morgan fingerprint density at radius 1 is 1.35 bits per heavy atom. The predicted molar refractivity (Wildman–Crippen MR) is 89.8 cm³/mol. The average molecular weight is 312 g/mol. The Bertz CT molecular complexity index is 670. The Kier molecular flexibility index (Phi) is 4.38. The lowest BCUT2D eigenvalue weighted by molar-refractivity contribution is -0.675. The van der Waals surface area contributed by atoms with E-state index in [2.05, 4.69) is 26.0 Å². The molecule has 2 aliphatic carbocycles. The van der Waals surface area contributed by atoms with Crippen LogP contribution in [0.4, 0.5) is 0 Å². The Morgan fingerprint density at radius 2 is 2.17 bits per heavy atom. The van der Waals surface area contributed by atoms with Gasteiger partial charge in [-0.15, -0.1) is 0 Å². The molecule has 0 N–H and O–H groups in total. The van der Waals surface area contributed by atoms with Crippen molar-refractivity contribution in [3.05, 3.63) is 47.7 Å². The van der Waals surface area contributed by atoms with Crippen LogP contribution in [0, 0.1) is 11.3 Å². The molecular weight excluding hydrogens is 286 g/mol. The highest BCUT2D eigenvalue weighted by atomic mass is 16.5. The van der Waals surface area contributed by atoms with Crippen molar-refractivity contribution in [2.45, 2.75) is 46.0 Å². The fourth-order valence-corrected chi connectivity index (χ4v) is 3.93. The number of rotatable bonds is 5. The summed E-state index contributed by atoms with van der Waals surface area (Å²) >= 11 is 0. The Hall–Kier alpha value is -1.90. The molecule has 0 bridgehead atoms. The lowest BCUT2D eigenvalue weighted by atomic mass is 9.77. The monoisotopic (exact) mass is 312 g/mol. The molecule has 0 amide bonds. The summed E-state index contributed by atoms with van der Waals surface area (Å²) in [5, 5.41) is 0. The zero-order valence-electron chi connectivity index (χ0n) is 14.3. The summed E-state index contributed by atoms with van der Waals surface area (Å²) < 4.78 is 7.26. The van der Waals surface area contributed by atoms with Crippen LogP contribution in [0.1, 0.15) is 46.0 Å². The minimum absolute atomic E-state index is 0.140. The largest absolute Gasteiger partial charge is 0.375 e. The van der Waals surface area contributed by atoms with Gasteiger partial charge in [0.15, 0.2) is 6.20 Å². The molecule has 1 fully saturated rings. The van der Waals surface area contributed by atoms with E-state index in [1.54, 1.807) is 5.57 Å². The summed E-state index contributed by atoms with van der Waals surface area (Å²) in [6.07, 6.45) is 11.3. The molecule has 23 heavy (non-hydrogen) atoms. The SMILES string of the molecule is C[n+]1ccccc1OC(=O)CCC[C@@H]1C2=CCC=C2CC1(C)C. The van der Waals surface area contributed by atoms with Crippen LogP contribution >= 0.6 is 0 Å². The van der Waals surface area contributed by atoms with Crippen molar-refractivity contribution in [3.8, 4) is 5.88 Å². The van der Waals surface area contributed by atoms with Gasteiger partial charge in [0.05, 0.1) is 6.07 Å². The van der Waals surface area contributed by atoms with Gasteiger partial charge in [0.2, 0.25) is 0 Å². The van der Waals surface area contributed by atoms with Gasteiger partial charge < -0.3 is 4.74 Å². The van der Waals surface area contributed by atoms with Crippen LogP contribution in [0.2, 0.25) is 0 Å². The minimum atomic E-state index is -0.140. The maximum Gasteiger partial charge on any atom is 0.375 e. The van der Waals surface area contributed by atoms with Gasteiger partial charge in [-0.3, -0.25) is 4.79 Å². The Balaban J connectivity index is 1.52. The van der Waals surface area contributed by atoms with Crippen LogP contribution in [0.3, 0.4) is 0 Å². The third kappa shape index (κ3) is 3.39. The molecule has 0 unspecified atom stereocenters. The zero-order chi connectivity index (χ0) is 16.4. The highest BCUT2D eigenvalue weighted by molar-refractivity contribution is 5.71. The van der Waals surface area contributed by atoms with E-state index < -0.39 is 0 Å². The predicted octanol–water partition coefficient (Wildman–Crippen LogP) is 3.89. The van der Waals surface area contributed by atoms with Crippen LogP contribution in [0.5, 0.6) is 5.88 Å². The molecule has 0 spiro atoms.